The van der Waals surface area contributed by atoms with Gasteiger partial charge in [-0.25, -0.2) is 0 Å². The van der Waals surface area contributed by atoms with Crippen molar-refractivity contribution in [1.29, 1.82) is 0 Å². The van der Waals surface area contributed by atoms with Gasteiger partial charge in [0.05, 0.1) is 18.3 Å². The van der Waals surface area contributed by atoms with E-state index < -0.39 is 0 Å². The molecule has 0 saturated carbocycles. The average Bonchev–Trinajstić information content (AvgIpc) is 3.00. The third kappa shape index (κ3) is 3.15. The van der Waals surface area contributed by atoms with E-state index in [9.17, 15) is 0 Å². The van der Waals surface area contributed by atoms with Crippen molar-refractivity contribution in [3.05, 3.63) is 29.2 Å². The maximum atomic E-state index is 5.25. The molecule has 1 aliphatic heterocycles. The summed E-state index contributed by atoms with van der Waals surface area (Å²) >= 11 is 0. The Morgan fingerprint density at radius 1 is 1.33 bits per heavy atom. The molecule has 114 valence electrons. The van der Waals surface area contributed by atoms with Crippen LogP contribution in [0.3, 0.4) is 0 Å². The quantitative estimate of drug-likeness (QED) is 0.916. The number of hydrogen-bond donors (Lipinski definition) is 1. The molecule has 0 amide bonds. The van der Waals surface area contributed by atoms with Crippen LogP contribution in [0.25, 0.3) is 0 Å². The topological polar surface area (TPSA) is 68.8 Å². The normalized spacial score (nSPS) is 16.5. The zero-order valence-electron chi connectivity index (χ0n) is 12.8. The highest BCUT2D eigenvalue weighted by atomic mass is 16.5. The van der Waals surface area contributed by atoms with Gasteiger partial charge in [-0.2, -0.15) is 0 Å². The largest absolute Gasteiger partial charge is 0.360 e. The smallest absolute Gasteiger partial charge is 0.150 e. The molecule has 0 aromatic carbocycles. The van der Waals surface area contributed by atoms with Gasteiger partial charge in [-0.3, -0.25) is 0 Å². The Morgan fingerprint density at radius 3 is 3.00 bits per heavy atom. The lowest BCUT2D eigenvalue weighted by atomic mass is 10.2. The first-order valence-electron chi connectivity index (χ1n) is 7.85. The van der Waals surface area contributed by atoms with E-state index in [2.05, 4.69) is 32.2 Å². The molecule has 0 saturated heterocycles. The Labute approximate surface area is 124 Å². The fraction of sp³-hybridized carbons (Fsp3) is 0.667. The molecule has 1 atom stereocenters. The molecule has 1 aliphatic rings. The predicted octanol–water partition coefficient (Wildman–Crippen LogP) is 2.54. The van der Waals surface area contributed by atoms with Crippen LogP contribution in [0, 0.1) is 6.92 Å². The SMILES string of the molecule is CCC(NCc1cc(C)no1)c1nnc2n1CCCCC2. The summed E-state index contributed by atoms with van der Waals surface area (Å²) in [4.78, 5) is 0. The Balaban J connectivity index is 1.72. The van der Waals surface area contributed by atoms with E-state index in [1.54, 1.807) is 0 Å². The maximum Gasteiger partial charge on any atom is 0.150 e. The first kappa shape index (κ1) is 14.3. The van der Waals surface area contributed by atoms with Crippen LogP contribution >= 0.6 is 0 Å². The van der Waals surface area contributed by atoms with Gasteiger partial charge in [-0.1, -0.05) is 18.5 Å². The third-order valence-corrected chi connectivity index (χ3v) is 4.06. The molecular weight excluding hydrogens is 266 g/mol. The van der Waals surface area contributed by atoms with Crippen molar-refractivity contribution < 1.29 is 4.52 Å². The van der Waals surface area contributed by atoms with E-state index in [4.69, 9.17) is 4.52 Å². The lowest BCUT2D eigenvalue weighted by Gasteiger charge is -2.17. The lowest BCUT2D eigenvalue weighted by molar-refractivity contribution is 0.354. The van der Waals surface area contributed by atoms with Gasteiger partial charge in [0.2, 0.25) is 0 Å². The zero-order valence-corrected chi connectivity index (χ0v) is 12.8. The number of aromatic nitrogens is 4. The van der Waals surface area contributed by atoms with Crippen molar-refractivity contribution in [2.24, 2.45) is 0 Å². The van der Waals surface area contributed by atoms with Crippen molar-refractivity contribution in [2.75, 3.05) is 0 Å². The Hall–Kier alpha value is -1.69. The van der Waals surface area contributed by atoms with E-state index in [1.807, 2.05) is 13.0 Å². The predicted molar refractivity (Wildman–Crippen MR) is 78.7 cm³/mol. The molecule has 1 unspecified atom stereocenters. The van der Waals surface area contributed by atoms with Crippen LogP contribution in [0.4, 0.5) is 0 Å². The second kappa shape index (κ2) is 6.39. The number of fused-ring (bicyclic) bond motifs is 1. The number of rotatable bonds is 5. The van der Waals surface area contributed by atoms with Crippen molar-refractivity contribution in [1.82, 2.24) is 25.2 Å². The maximum absolute atomic E-state index is 5.25. The van der Waals surface area contributed by atoms with E-state index >= 15 is 0 Å². The molecule has 6 heteroatoms. The van der Waals surface area contributed by atoms with E-state index in [0.29, 0.717) is 6.54 Å². The second-order valence-corrected chi connectivity index (χ2v) is 5.71. The van der Waals surface area contributed by atoms with Gasteiger partial charge >= 0.3 is 0 Å². The first-order chi connectivity index (χ1) is 10.3. The van der Waals surface area contributed by atoms with Crippen LogP contribution < -0.4 is 5.32 Å². The molecule has 0 fully saturated rings. The first-order valence-corrected chi connectivity index (χ1v) is 7.85. The molecule has 0 radical (unpaired) electrons. The highest BCUT2D eigenvalue weighted by Gasteiger charge is 2.21. The summed E-state index contributed by atoms with van der Waals surface area (Å²) in [5.41, 5.74) is 0.913. The molecular formula is C15H23N5O. The highest BCUT2D eigenvalue weighted by Crippen LogP contribution is 2.21. The van der Waals surface area contributed by atoms with Gasteiger partial charge < -0.3 is 14.4 Å². The molecule has 0 spiro atoms. The Kier molecular flexibility index (Phi) is 4.34. The summed E-state index contributed by atoms with van der Waals surface area (Å²) in [6.45, 7) is 5.81. The molecule has 1 N–H and O–H groups in total. The van der Waals surface area contributed by atoms with Gasteiger partial charge in [0.25, 0.3) is 0 Å². The molecule has 0 aliphatic carbocycles. The number of nitrogens with one attached hydrogen (secondary N) is 1. The minimum Gasteiger partial charge on any atom is -0.360 e. The van der Waals surface area contributed by atoms with Crippen LogP contribution in [0.1, 0.15) is 61.8 Å². The summed E-state index contributed by atoms with van der Waals surface area (Å²) < 4.78 is 7.56. The third-order valence-electron chi connectivity index (χ3n) is 4.06. The molecule has 2 aromatic heterocycles. The Morgan fingerprint density at radius 2 is 2.24 bits per heavy atom. The van der Waals surface area contributed by atoms with Crippen molar-refractivity contribution in [2.45, 2.75) is 65.1 Å². The van der Waals surface area contributed by atoms with Gasteiger partial charge in [0.1, 0.15) is 11.6 Å². The lowest BCUT2D eigenvalue weighted by Crippen LogP contribution is -2.24. The van der Waals surface area contributed by atoms with Crippen molar-refractivity contribution >= 4 is 0 Å². The summed E-state index contributed by atoms with van der Waals surface area (Å²) in [6.07, 6.45) is 5.75. The van der Waals surface area contributed by atoms with Crippen LogP contribution in [-0.4, -0.2) is 19.9 Å². The van der Waals surface area contributed by atoms with Crippen LogP contribution in [0.2, 0.25) is 0 Å². The summed E-state index contributed by atoms with van der Waals surface area (Å²) in [5.74, 6) is 3.06. The molecule has 0 bridgehead atoms. The molecule has 6 nitrogen and oxygen atoms in total. The van der Waals surface area contributed by atoms with Crippen molar-refractivity contribution in [3.8, 4) is 0 Å². The fourth-order valence-electron chi connectivity index (χ4n) is 2.91. The summed E-state index contributed by atoms with van der Waals surface area (Å²) in [7, 11) is 0. The van der Waals surface area contributed by atoms with Crippen molar-refractivity contribution in [3.63, 3.8) is 0 Å². The molecule has 21 heavy (non-hydrogen) atoms. The number of hydrogen-bond acceptors (Lipinski definition) is 5. The van der Waals surface area contributed by atoms with Gasteiger partial charge in [0.15, 0.2) is 5.76 Å². The van der Waals surface area contributed by atoms with Crippen LogP contribution in [-0.2, 0) is 19.5 Å². The minimum absolute atomic E-state index is 0.203. The number of aryl methyl sites for hydroxylation is 2. The monoisotopic (exact) mass is 289 g/mol. The highest BCUT2D eigenvalue weighted by molar-refractivity contribution is 5.06. The van der Waals surface area contributed by atoms with Gasteiger partial charge in [-0.15, -0.1) is 10.2 Å². The van der Waals surface area contributed by atoms with E-state index in [1.165, 1.54) is 19.3 Å². The van der Waals surface area contributed by atoms with Gasteiger partial charge in [0, 0.05) is 19.0 Å². The summed E-state index contributed by atoms with van der Waals surface area (Å²) in [5, 5.41) is 16.2. The Bertz CT molecular complexity index is 589. The summed E-state index contributed by atoms with van der Waals surface area (Å²) in [6, 6.07) is 2.17. The average molecular weight is 289 g/mol. The molecule has 3 rings (SSSR count). The van der Waals surface area contributed by atoms with Crippen LogP contribution in [0.5, 0.6) is 0 Å². The van der Waals surface area contributed by atoms with E-state index in [0.717, 1.165) is 42.5 Å². The van der Waals surface area contributed by atoms with Crippen LogP contribution in [0.15, 0.2) is 10.6 Å². The van der Waals surface area contributed by atoms with Gasteiger partial charge in [-0.05, 0) is 26.2 Å². The molecule has 3 heterocycles. The standard InChI is InChI=1S/C15H23N5O/c1-3-13(16-10-12-9-11(2)19-21-12)15-18-17-14-7-5-4-6-8-20(14)15/h9,13,16H,3-8,10H2,1-2H3. The van der Waals surface area contributed by atoms with E-state index in [-0.39, 0.29) is 6.04 Å². The second-order valence-electron chi connectivity index (χ2n) is 5.71. The minimum atomic E-state index is 0.203. The fourth-order valence-corrected chi connectivity index (χ4v) is 2.91. The molecule has 2 aromatic rings. The number of nitrogens with zero attached hydrogens (tertiary/aromatic N) is 4. The zero-order chi connectivity index (χ0) is 14.7.